The molecule has 4 saturated carbocycles. The number of aromatic nitrogens is 1. The van der Waals surface area contributed by atoms with Crippen LogP contribution in [0.15, 0.2) is 29.6 Å². The van der Waals surface area contributed by atoms with E-state index in [-0.39, 0.29) is 5.91 Å². The lowest BCUT2D eigenvalue weighted by atomic mass is 9.54. The molecule has 0 atom stereocenters. The Bertz CT molecular complexity index is 801. The monoisotopic (exact) mass is 382 g/mol. The Hall–Kier alpha value is -1.88. The minimum Gasteiger partial charge on any atom is -0.497 e. The first kappa shape index (κ1) is 17.2. The zero-order chi connectivity index (χ0) is 18.4. The van der Waals surface area contributed by atoms with Gasteiger partial charge in [0.1, 0.15) is 10.8 Å². The molecule has 1 amide bonds. The molecule has 0 spiro atoms. The van der Waals surface area contributed by atoms with Gasteiger partial charge in [-0.05, 0) is 80.0 Å². The number of rotatable bonds is 5. The fourth-order valence-corrected chi connectivity index (χ4v) is 6.64. The van der Waals surface area contributed by atoms with E-state index in [2.05, 4.69) is 10.3 Å². The molecule has 4 aliphatic carbocycles. The van der Waals surface area contributed by atoms with Crippen molar-refractivity contribution >= 4 is 17.2 Å². The molecular formula is C22H26N2O2S. The average Bonchev–Trinajstić information content (AvgIpc) is 3.12. The highest BCUT2D eigenvalue weighted by Crippen LogP contribution is 2.53. The molecule has 0 unspecified atom stereocenters. The lowest BCUT2D eigenvalue weighted by Crippen LogP contribution is -2.56. The summed E-state index contributed by atoms with van der Waals surface area (Å²) in [7, 11) is 1.67. The summed E-state index contributed by atoms with van der Waals surface area (Å²) in [6.07, 6.45) is 7.15. The summed E-state index contributed by atoms with van der Waals surface area (Å²) >= 11 is 1.60. The lowest BCUT2D eigenvalue weighted by molar-refractivity contribution is -0.124. The van der Waals surface area contributed by atoms with E-state index >= 15 is 0 Å². The normalized spacial score (nSPS) is 31.1. The van der Waals surface area contributed by atoms with E-state index in [0.717, 1.165) is 45.7 Å². The Morgan fingerprint density at radius 3 is 2.41 bits per heavy atom. The van der Waals surface area contributed by atoms with Crippen molar-refractivity contribution in [3.63, 3.8) is 0 Å². The molecule has 4 nitrogen and oxygen atoms in total. The Morgan fingerprint density at radius 2 is 1.78 bits per heavy atom. The second-order valence-corrected chi connectivity index (χ2v) is 9.43. The summed E-state index contributed by atoms with van der Waals surface area (Å²) in [6, 6.07) is 8.31. The first-order valence-electron chi connectivity index (χ1n) is 10.1. The number of benzene rings is 1. The van der Waals surface area contributed by atoms with Crippen LogP contribution >= 0.6 is 11.3 Å². The number of hydrogen-bond donors (Lipinski definition) is 1. The summed E-state index contributed by atoms with van der Waals surface area (Å²) in [6.45, 7) is 0. The topological polar surface area (TPSA) is 51.2 Å². The second-order valence-electron chi connectivity index (χ2n) is 8.57. The van der Waals surface area contributed by atoms with Crippen molar-refractivity contribution in [1.82, 2.24) is 10.3 Å². The molecule has 2 aromatic rings. The summed E-state index contributed by atoms with van der Waals surface area (Å²) in [5.74, 6) is 4.29. The summed E-state index contributed by atoms with van der Waals surface area (Å²) in [5.41, 5.74) is 1.93. The van der Waals surface area contributed by atoms with Crippen LogP contribution < -0.4 is 10.1 Å². The molecule has 5 heteroatoms. The molecule has 1 N–H and O–H groups in total. The van der Waals surface area contributed by atoms with Crippen LogP contribution in [0.5, 0.6) is 5.75 Å². The quantitative estimate of drug-likeness (QED) is 0.839. The van der Waals surface area contributed by atoms with Crippen molar-refractivity contribution in [3.8, 4) is 16.3 Å². The predicted octanol–water partition coefficient (Wildman–Crippen LogP) is 4.30. The van der Waals surface area contributed by atoms with Crippen LogP contribution in [0.4, 0.5) is 0 Å². The van der Waals surface area contributed by atoms with Gasteiger partial charge in [0.25, 0.3) is 0 Å². The van der Waals surface area contributed by atoms with Gasteiger partial charge >= 0.3 is 0 Å². The van der Waals surface area contributed by atoms with Crippen molar-refractivity contribution in [2.24, 2.45) is 23.7 Å². The van der Waals surface area contributed by atoms with Crippen LogP contribution in [-0.2, 0) is 11.2 Å². The predicted molar refractivity (Wildman–Crippen MR) is 107 cm³/mol. The Labute approximate surface area is 164 Å². The molecule has 1 aromatic carbocycles. The Kier molecular flexibility index (Phi) is 4.43. The first-order valence-corrected chi connectivity index (χ1v) is 10.9. The van der Waals surface area contributed by atoms with Gasteiger partial charge in [0.05, 0.1) is 19.2 Å². The standard InChI is InChI=1S/C22H26N2O2S/c1-26-19-4-2-15(3-5-19)22-23-18(12-27-22)11-20(25)24-21-16-7-13-6-14(9-16)10-17(21)8-13/h2-5,12-14,16-17,21H,6-11H2,1H3,(H,24,25). The number of methoxy groups -OCH3 is 1. The van der Waals surface area contributed by atoms with Gasteiger partial charge in [-0.2, -0.15) is 0 Å². The van der Waals surface area contributed by atoms with Crippen LogP contribution in [0.25, 0.3) is 10.6 Å². The van der Waals surface area contributed by atoms with Crippen LogP contribution in [0.2, 0.25) is 0 Å². The fraction of sp³-hybridized carbons (Fsp3) is 0.545. The van der Waals surface area contributed by atoms with E-state index in [1.807, 2.05) is 29.6 Å². The largest absolute Gasteiger partial charge is 0.497 e. The number of nitrogens with one attached hydrogen (secondary N) is 1. The molecule has 0 saturated heterocycles. The zero-order valence-electron chi connectivity index (χ0n) is 15.7. The molecule has 4 fully saturated rings. The highest BCUT2D eigenvalue weighted by molar-refractivity contribution is 7.13. The van der Waals surface area contributed by atoms with Crippen LogP contribution in [0.3, 0.4) is 0 Å². The van der Waals surface area contributed by atoms with Gasteiger partial charge in [0.15, 0.2) is 0 Å². The van der Waals surface area contributed by atoms with E-state index in [1.165, 1.54) is 32.1 Å². The molecule has 0 radical (unpaired) electrons. The number of nitrogens with zero attached hydrogens (tertiary/aromatic N) is 1. The number of amides is 1. The van der Waals surface area contributed by atoms with Gasteiger partial charge in [0, 0.05) is 17.0 Å². The van der Waals surface area contributed by atoms with Crippen molar-refractivity contribution in [1.29, 1.82) is 0 Å². The van der Waals surface area contributed by atoms with Gasteiger partial charge in [-0.3, -0.25) is 4.79 Å². The maximum atomic E-state index is 12.7. The number of hydrogen-bond acceptors (Lipinski definition) is 4. The number of ether oxygens (including phenoxy) is 1. The first-order chi connectivity index (χ1) is 13.2. The maximum Gasteiger partial charge on any atom is 0.226 e. The molecule has 6 rings (SSSR count). The van der Waals surface area contributed by atoms with Gasteiger partial charge in [-0.25, -0.2) is 4.98 Å². The number of carbonyl (C=O) groups excluding carboxylic acids is 1. The fourth-order valence-electron chi connectivity index (χ4n) is 5.82. The van der Waals surface area contributed by atoms with E-state index in [4.69, 9.17) is 4.74 Å². The minimum atomic E-state index is 0.138. The molecule has 4 aliphatic rings. The number of carbonyl (C=O) groups is 1. The SMILES string of the molecule is COc1ccc(-c2nc(CC(=O)NC3C4CC5CC(C4)CC3C5)cs2)cc1. The molecule has 27 heavy (non-hydrogen) atoms. The minimum absolute atomic E-state index is 0.138. The Balaban J connectivity index is 1.22. The Morgan fingerprint density at radius 1 is 1.11 bits per heavy atom. The highest BCUT2D eigenvalue weighted by atomic mass is 32.1. The third-order valence-corrected chi connectivity index (χ3v) is 7.72. The number of thiazole rings is 1. The second kappa shape index (κ2) is 6.93. The van der Waals surface area contributed by atoms with E-state index in [9.17, 15) is 4.79 Å². The maximum absolute atomic E-state index is 12.7. The van der Waals surface area contributed by atoms with Gasteiger partial charge in [0.2, 0.25) is 5.91 Å². The molecule has 1 heterocycles. The smallest absolute Gasteiger partial charge is 0.226 e. The third kappa shape index (κ3) is 3.38. The van der Waals surface area contributed by atoms with E-state index in [0.29, 0.717) is 12.5 Å². The molecule has 1 aromatic heterocycles. The van der Waals surface area contributed by atoms with Crippen molar-refractivity contribution in [3.05, 3.63) is 35.3 Å². The molecule has 4 bridgehead atoms. The zero-order valence-corrected chi connectivity index (χ0v) is 16.5. The third-order valence-electron chi connectivity index (χ3n) is 6.78. The molecular weight excluding hydrogens is 356 g/mol. The highest BCUT2D eigenvalue weighted by Gasteiger charge is 2.48. The van der Waals surface area contributed by atoms with Crippen LogP contribution in [0.1, 0.15) is 37.8 Å². The summed E-state index contributed by atoms with van der Waals surface area (Å²) < 4.78 is 5.21. The van der Waals surface area contributed by atoms with Gasteiger partial charge < -0.3 is 10.1 Å². The van der Waals surface area contributed by atoms with Crippen molar-refractivity contribution < 1.29 is 9.53 Å². The summed E-state index contributed by atoms with van der Waals surface area (Å²) in [4.78, 5) is 17.3. The van der Waals surface area contributed by atoms with E-state index in [1.54, 1.807) is 18.4 Å². The van der Waals surface area contributed by atoms with Gasteiger partial charge in [-0.15, -0.1) is 11.3 Å². The molecule has 142 valence electrons. The van der Waals surface area contributed by atoms with Crippen LogP contribution in [-0.4, -0.2) is 24.0 Å². The lowest BCUT2D eigenvalue weighted by Gasteiger charge is -2.54. The van der Waals surface area contributed by atoms with Crippen molar-refractivity contribution in [2.75, 3.05) is 7.11 Å². The van der Waals surface area contributed by atoms with E-state index < -0.39 is 0 Å². The van der Waals surface area contributed by atoms with Crippen molar-refractivity contribution in [2.45, 2.75) is 44.6 Å². The summed E-state index contributed by atoms with van der Waals surface area (Å²) in [5, 5.41) is 6.35. The average molecular weight is 383 g/mol. The molecule has 0 aliphatic heterocycles. The van der Waals surface area contributed by atoms with Gasteiger partial charge in [-0.1, -0.05) is 0 Å². The van der Waals surface area contributed by atoms with Crippen LogP contribution in [0, 0.1) is 23.7 Å².